The molecule has 1 aliphatic heterocycles. The summed E-state index contributed by atoms with van der Waals surface area (Å²) >= 11 is 0. The number of nitrogens with zero attached hydrogens (tertiary/aromatic N) is 1. The van der Waals surface area contributed by atoms with Crippen LogP contribution in [0.25, 0.3) is 0 Å². The zero-order chi connectivity index (χ0) is 13.2. The van der Waals surface area contributed by atoms with E-state index in [0.717, 1.165) is 5.41 Å². The molecular formula is C12H13NO4S-2. The van der Waals surface area contributed by atoms with Crippen LogP contribution in [0.15, 0.2) is 41.8 Å². The number of aliphatic hydroxyl groups excluding tert-OH is 1. The molecule has 1 N–H and O–H groups in total. The zero-order valence-corrected chi connectivity index (χ0v) is 10.4. The quantitative estimate of drug-likeness (QED) is 0.884. The van der Waals surface area contributed by atoms with Crippen LogP contribution in [0, 0.1) is 0 Å². The fourth-order valence-electron chi connectivity index (χ4n) is 1.91. The minimum absolute atomic E-state index is 0.145. The summed E-state index contributed by atoms with van der Waals surface area (Å²) in [5, 5.41) is 10.1. The number of hydrogen-bond acceptors (Lipinski definition) is 4. The maximum atomic E-state index is 11.8. The van der Waals surface area contributed by atoms with Gasteiger partial charge in [-0.1, -0.05) is 29.7 Å². The maximum Gasteiger partial charge on any atom is 0.253 e. The van der Waals surface area contributed by atoms with Crippen molar-refractivity contribution in [2.24, 2.45) is 0 Å². The molecule has 2 rings (SSSR count). The molecule has 0 aliphatic carbocycles. The molecule has 1 amide bonds. The van der Waals surface area contributed by atoms with E-state index in [9.17, 15) is 13.9 Å². The van der Waals surface area contributed by atoms with Crippen molar-refractivity contribution in [2.75, 3.05) is 17.3 Å². The number of para-hydroxylation sites is 1. The predicted molar refractivity (Wildman–Crippen MR) is 68.0 cm³/mol. The second-order valence-corrected chi connectivity index (χ2v) is 5.91. The number of sulfone groups is 1. The summed E-state index contributed by atoms with van der Waals surface area (Å²) < 4.78 is 22.8. The van der Waals surface area contributed by atoms with Crippen LogP contribution in [0.1, 0.15) is 0 Å². The van der Waals surface area contributed by atoms with Crippen molar-refractivity contribution in [3.63, 3.8) is 0 Å². The third-order valence-electron chi connectivity index (χ3n) is 2.68. The highest BCUT2D eigenvalue weighted by molar-refractivity contribution is 8.26. The third-order valence-corrected chi connectivity index (χ3v) is 4.06. The number of benzene rings is 1. The highest BCUT2D eigenvalue weighted by Crippen LogP contribution is 2.46. The summed E-state index contributed by atoms with van der Waals surface area (Å²) in [7, 11) is -3.25. The molecule has 98 valence electrons. The van der Waals surface area contributed by atoms with Gasteiger partial charge in [0.2, 0.25) is 0 Å². The molecule has 0 spiro atoms. The highest BCUT2D eigenvalue weighted by atomic mass is 32.3. The number of rotatable bonds is 3. The molecule has 1 unspecified atom stereocenters. The van der Waals surface area contributed by atoms with Gasteiger partial charge in [-0.05, 0) is 17.9 Å². The fraction of sp³-hybridized carbons (Fsp3) is 0.250. The van der Waals surface area contributed by atoms with Crippen LogP contribution in [0.4, 0.5) is 5.69 Å². The summed E-state index contributed by atoms with van der Waals surface area (Å²) in [4.78, 5) is 13.1. The molecule has 0 fully saturated rings. The topological polar surface area (TPSA) is 86.7 Å². The van der Waals surface area contributed by atoms with Crippen LogP contribution in [-0.2, 0) is 4.79 Å². The predicted octanol–water partition coefficient (Wildman–Crippen LogP) is 0.973. The molecule has 0 bridgehead atoms. The van der Waals surface area contributed by atoms with E-state index in [1.807, 2.05) is 0 Å². The highest BCUT2D eigenvalue weighted by Gasteiger charge is 2.25. The lowest BCUT2D eigenvalue weighted by molar-refractivity contribution is -0.121. The van der Waals surface area contributed by atoms with Crippen LogP contribution in [0.5, 0.6) is 0 Å². The Morgan fingerprint density at radius 2 is 2.06 bits per heavy atom. The van der Waals surface area contributed by atoms with Crippen molar-refractivity contribution in [2.45, 2.75) is 6.04 Å². The van der Waals surface area contributed by atoms with E-state index in [1.165, 1.54) is 11.0 Å². The Bertz CT molecular complexity index is 460. The van der Waals surface area contributed by atoms with Crippen LogP contribution in [-0.4, -0.2) is 38.5 Å². The minimum Gasteiger partial charge on any atom is -0.796 e. The van der Waals surface area contributed by atoms with Crippen LogP contribution >= 0.6 is 10.6 Å². The molecule has 1 aliphatic rings. The molecule has 1 atom stereocenters. The summed E-state index contributed by atoms with van der Waals surface area (Å²) in [6, 6.07) is 8.14. The van der Waals surface area contributed by atoms with Gasteiger partial charge in [0.15, 0.2) is 0 Å². The van der Waals surface area contributed by atoms with E-state index in [-0.39, 0.29) is 5.75 Å². The molecule has 0 aromatic heterocycles. The van der Waals surface area contributed by atoms with Crippen molar-refractivity contribution in [3.8, 4) is 0 Å². The van der Waals surface area contributed by atoms with E-state index in [4.69, 9.17) is 5.11 Å². The molecular weight excluding hydrogens is 254 g/mol. The Balaban J connectivity index is 2.28. The lowest BCUT2D eigenvalue weighted by Crippen LogP contribution is -2.42. The van der Waals surface area contributed by atoms with Crippen molar-refractivity contribution in [1.82, 2.24) is 0 Å². The average Bonchev–Trinajstić information content (AvgIpc) is 2.71. The molecule has 0 radical (unpaired) electrons. The molecule has 6 heteroatoms. The van der Waals surface area contributed by atoms with E-state index >= 15 is 0 Å². The molecule has 1 heterocycles. The zero-order valence-electron chi connectivity index (χ0n) is 9.56. The van der Waals surface area contributed by atoms with Gasteiger partial charge < -0.3 is 29.7 Å². The van der Waals surface area contributed by atoms with Gasteiger partial charge in [-0.3, -0.25) is 4.79 Å². The van der Waals surface area contributed by atoms with Gasteiger partial charge >= 0.3 is 0 Å². The number of carbonyl (C=O) groups excluding carboxylic acids is 1. The van der Waals surface area contributed by atoms with E-state index in [1.54, 1.807) is 30.3 Å². The van der Waals surface area contributed by atoms with Crippen molar-refractivity contribution < 1.29 is 19.0 Å². The smallest absolute Gasteiger partial charge is 0.253 e. The second-order valence-electron chi connectivity index (χ2n) is 3.98. The molecule has 0 saturated carbocycles. The Labute approximate surface area is 107 Å². The van der Waals surface area contributed by atoms with E-state index in [0.29, 0.717) is 5.69 Å². The number of aliphatic hydroxyl groups is 1. The lowest BCUT2D eigenvalue weighted by Gasteiger charge is -2.55. The van der Waals surface area contributed by atoms with E-state index in [2.05, 4.69) is 0 Å². The van der Waals surface area contributed by atoms with Crippen molar-refractivity contribution >= 4 is 22.2 Å². The number of carbonyl (C=O) groups is 1. The fourth-order valence-corrected chi connectivity index (χ4v) is 3.17. The van der Waals surface area contributed by atoms with Gasteiger partial charge in [0.25, 0.3) is 5.91 Å². The van der Waals surface area contributed by atoms with Gasteiger partial charge in [0.05, 0.1) is 6.04 Å². The van der Waals surface area contributed by atoms with Gasteiger partial charge in [-0.15, -0.1) is 0 Å². The first-order valence-corrected chi connectivity index (χ1v) is 7.14. The second kappa shape index (κ2) is 5.11. The van der Waals surface area contributed by atoms with Gasteiger partial charge in [0, 0.05) is 5.69 Å². The first-order chi connectivity index (χ1) is 8.53. The Morgan fingerprint density at radius 1 is 1.39 bits per heavy atom. The number of hydrogen-bond donors (Lipinski definition) is 1. The standard InChI is InChI=1S/C12H15NO4S/c14-8-12(15)13(10-4-2-1-3-5-10)11-6-7-18(16,17)9-11/h1-7,11,14,16-17H,8-9H2/p-2. The Hall–Kier alpha value is -1.34. The monoisotopic (exact) mass is 267 g/mol. The largest absolute Gasteiger partial charge is 0.796 e. The first-order valence-electron chi connectivity index (χ1n) is 5.42. The van der Waals surface area contributed by atoms with Crippen molar-refractivity contribution in [3.05, 3.63) is 41.8 Å². The minimum atomic E-state index is -3.25. The summed E-state index contributed by atoms with van der Waals surface area (Å²) in [6.45, 7) is -0.653. The van der Waals surface area contributed by atoms with E-state index < -0.39 is 29.1 Å². The van der Waals surface area contributed by atoms with Crippen LogP contribution in [0.2, 0.25) is 0 Å². The SMILES string of the molecule is O=C(CO)N(c1ccccc1)C1C=CS([O-])([O-])C1. The summed E-state index contributed by atoms with van der Waals surface area (Å²) in [5.41, 5.74) is 0.573. The normalized spacial score (nSPS) is 22.7. The number of anilines is 1. The molecule has 18 heavy (non-hydrogen) atoms. The lowest BCUT2D eigenvalue weighted by atomic mass is 10.2. The van der Waals surface area contributed by atoms with Gasteiger partial charge in [-0.2, -0.15) is 0 Å². The Kier molecular flexibility index (Phi) is 3.72. The molecule has 1 aromatic carbocycles. The van der Waals surface area contributed by atoms with Gasteiger partial charge in [-0.25, -0.2) is 0 Å². The maximum absolute atomic E-state index is 11.8. The summed E-state index contributed by atoms with van der Waals surface area (Å²) in [5.74, 6) is -0.666. The molecule has 1 aromatic rings. The van der Waals surface area contributed by atoms with Gasteiger partial charge in [0.1, 0.15) is 6.61 Å². The van der Waals surface area contributed by atoms with Crippen molar-refractivity contribution in [1.29, 1.82) is 0 Å². The average molecular weight is 267 g/mol. The van der Waals surface area contributed by atoms with Crippen LogP contribution < -0.4 is 4.90 Å². The Morgan fingerprint density at radius 3 is 2.56 bits per heavy atom. The molecule has 5 nitrogen and oxygen atoms in total. The van der Waals surface area contributed by atoms with Crippen LogP contribution in [0.3, 0.4) is 0 Å². The first kappa shape index (κ1) is 13.1. The molecule has 0 saturated heterocycles. The summed E-state index contributed by atoms with van der Waals surface area (Å²) in [6.07, 6.45) is 1.47. The number of amides is 1. The third kappa shape index (κ3) is 2.73.